The number of amides is 1. The lowest BCUT2D eigenvalue weighted by Crippen LogP contribution is -2.46. The number of hydrogen-bond donors (Lipinski definition) is 1. The Kier molecular flexibility index (Phi) is 6.68. The summed E-state index contributed by atoms with van der Waals surface area (Å²) in [7, 11) is 0. The molecule has 5 heteroatoms. The average Bonchev–Trinajstić information content (AvgIpc) is 2.27. The van der Waals surface area contributed by atoms with Crippen molar-refractivity contribution < 1.29 is 4.79 Å². The minimum Gasteiger partial charge on any atom is -0.270 e. The summed E-state index contributed by atoms with van der Waals surface area (Å²) < 4.78 is 1.29. The van der Waals surface area contributed by atoms with Crippen molar-refractivity contribution in [3.63, 3.8) is 0 Å². The van der Waals surface area contributed by atoms with Crippen molar-refractivity contribution in [3.05, 3.63) is 35.4 Å². The van der Waals surface area contributed by atoms with Crippen molar-refractivity contribution in [3.8, 4) is 0 Å². The highest BCUT2D eigenvalue weighted by atomic mass is 35.5. The van der Waals surface area contributed by atoms with Gasteiger partial charge in [-0.25, -0.2) is 0 Å². The number of aryl methyl sites for hydroxylation is 1. The Morgan fingerprint density at radius 2 is 1.78 bits per heavy atom. The summed E-state index contributed by atoms with van der Waals surface area (Å²) in [6, 6.07) is 7.51. The van der Waals surface area contributed by atoms with Crippen molar-refractivity contribution in [1.82, 2.24) is 9.95 Å². The number of hydrazine groups is 1. The van der Waals surface area contributed by atoms with E-state index in [2.05, 4.69) is 12.3 Å². The number of hydrogen-bond acceptors (Lipinski definition) is 2. The molecule has 0 spiro atoms. The normalized spacial score (nSPS) is 11.0. The molecule has 0 aromatic heterocycles. The molecule has 1 aromatic carbocycles. The molecule has 0 saturated heterocycles. The predicted molar refractivity (Wildman–Crippen MR) is 78.0 cm³/mol. The predicted octanol–water partition coefficient (Wildman–Crippen LogP) is 3.57. The van der Waals surface area contributed by atoms with E-state index in [0.717, 1.165) is 6.42 Å². The first-order valence-electron chi connectivity index (χ1n) is 5.70. The molecule has 0 aliphatic heterocycles. The van der Waals surface area contributed by atoms with Crippen LogP contribution in [0.15, 0.2) is 24.3 Å². The lowest BCUT2D eigenvalue weighted by molar-refractivity contribution is 0.0806. The summed E-state index contributed by atoms with van der Waals surface area (Å²) in [6.07, 6.45) is 0.964. The molecule has 0 heterocycles. The number of rotatable bonds is 3. The molecular formula is C13H20Cl2N2O. The summed E-state index contributed by atoms with van der Waals surface area (Å²) in [5.74, 6) is -0.197. The molecule has 0 atom stereocenters. The second kappa shape index (κ2) is 6.98. The van der Waals surface area contributed by atoms with Crippen LogP contribution in [0.1, 0.15) is 43.6 Å². The van der Waals surface area contributed by atoms with Gasteiger partial charge in [0.25, 0.3) is 5.91 Å². The van der Waals surface area contributed by atoms with Gasteiger partial charge in [-0.05, 0) is 44.9 Å². The van der Waals surface area contributed by atoms with Crippen LogP contribution in [0.5, 0.6) is 0 Å². The Hall–Kier alpha value is -0.770. The number of halogens is 2. The van der Waals surface area contributed by atoms with Crippen LogP contribution >= 0.6 is 24.2 Å². The zero-order valence-corrected chi connectivity index (χ0v) is 12.7. The van der Waals surface area contributed by atoms with Crippen LogP contribution in [0.25, 0.3) is 0 Å². The van der Waals surface area contributed by atoms with Gasteiger partial charge in [-0.1, -0.05) is 19.1 Å². The number of carbonyl (C=O) groups is 1. The Labute approximate surface area is 120 Å². The highest BCUT2D eigenvalue weighted by Crippen LogP contribution is 2.13. The monoisotopic (exact) mass is 290 g/mol. The van der Waals surface area contributed by atoms with Gasteiger partial charge in [-0.2, -0.15) is 0 Å². The fourth-order valence-corrected chi connectivity index (χ4v) is 1.29. The molecule has 0 saturated carbocycles. The fraction of sp³-hybridized carbons (Fsp3) is 0.462. The lowest BCUT2D eigenvalue weighted by atomic mass is 10.1. The van der Waals surface area contributed by atoms with E-state index >= 15 is 0 Å². The van der Waals surface area contributed by atoms with Crippen LogP contribution in [-0.4, -0.2) is 16.0 Å². The second-order valence-electron chi connectivity index (χ2n) is 4.94. The van der Waals surface area contributed by atoms with Gasteiger partial charge in [0.2, 0.25) is 0 Å². The second-order valence-corrected chi connectivity index (χ2v) is 5.28. The largest absolute Gasteiger partial charge is 0.270 e. The first-order chi connectivity index (χ1) is 7.84. The van der Waals surface area contributed by atoms with E-state index in [4.69, 9.17) is 11.8 Å². The van der Waals surface area contributed by atoms with E-state index in [9.17, 15) is 4.79 Å². The number of nitrogens with zero attached hydrogens (tertiary/aromatic N) is 1. The zero-order chi connectivity index (χ0) is 13.1. The van der Waals surface area contributed by atoms with Crippen LogP contribution in [0.3, 0.4) is 0 Å². The summed E-state index contributed by atoms with van der Waals surface area (Å²) in [5, 5.41) is 0. The minimum absolute atomic E-state index is 0. The molecular weight excluding hydrogens is 271 g/mol. The van der Waals surface area contributed by atoms with Crippen LogP contribution in [0.4, 0.5) is 0 Å². The first kappa shape index (κ1) is 17.2. The zero-order valence-electron chi connectivity index (χ0n) is 11.2. The van der Waals surface area contributed by atoms with Gasteiger partial charge < -0.3 is 0 Å². The van der Waals surface area contributed by atoms with Gasteiger partial charge in [0.15, 0.2) is 0 Å². The van der Waals surface area contributed by atoms with E-state index < -0.39 is 0 Å². The van der Waals surface area contributed by atoms with Crippen molar-refractivity contribution in [1.29, 1.82) is 0 Å². The SMILES string of the molecule is CCc1ccc(C(=O)NN(Cl)C(C)(C)C)cc1.Cl. The quantitative estimate of drug-likeness (QED) is 0.682. The Morgan fingerprint density at radius 3 is 2.17 bits per heavy atom. The molecule has 0 fully saturated rings. The fourth-order valence-electron chi connectivity index (χ4n) is 1.21. The van der Waals surface area contributed by atoms with Crippen molar-refractivity contribution in [2.45, 2.75) is 39.7 Å². The maximum atomic E-state index is 11.9. The number of carbonyl (C=O) groups excluding carboxylic acids is 1. The van der Waals surface area contributed by atoms with E-state index in [1.807, 2.05) is 45.0 Å². The molecule has 0 aliphatic carbocycles. The third-order valence-corrected chi connectivity index (χ3v) is 3.00. The lowest BCUT2D eigenvalue weighted by Gasteiger charge is -2.28. The molecule has 0 aliphatic rings. The van der Waals surface area contributed by atoms with Gasteiger partial charge >= 0.3 is 0 Å². The number of benzene rings is 1. The molecule has 1 amide bonds. The molecule has 102 valence electrons. The summed E-state index contributed by atoms with van der Waals surface area (Å²) >= 11 is 5.96. The molecule has 18 heavy (non-hydrogen) atoms. The topological polar surface area (TPSA) is 32.3 Å². The number of nitrogens with one attached hydrogen (secondary N) is 1. The Bertz CT molecular complexity index is 385. The molecule has 1 N–H and O–H groups in total. The minimum atomic E-state index is -0.319. The third-order valence-electron chi connectivity index (χ3n) is 2.41. The Morgan fingerprint density at radius 1 is 1.28 bits per heavy atom. The maximum Gasteiger partial charge on any atom is 0.266 e. The average molecular weight is 291 g/mol. The maximum absolute atomic E-state index is 11.9. The van der Waals surface area contributed by atoms with Gasteiger partial charge in [-0.15, -0.1) is 16.9 Å². The smallest absolute Gasteiger partial charge is 0.266 e. The standard InChI is InChI=1S/C13H19ClN2O.ClH/c1-5-10-6-8-11(9-7-10)12(17)15-16(14)13(2,3)4;/h6-9H,5H2,1-4H3,(H,15,17);1H. The van der Waals surface area contributed by atoms with Crippen LogP contribution in [0, 0.1) is 0 Å². The van der Waals surface area contributed by atoms with Crippen molar-refractivity contribution in [2.75, 3.05) is 0 Å². The van der Waals surface area contributed by atoms with Gasteiger partial charge in [0.1, 0.15) is 0 Å². The Balaban J connectivity index is 0.00000289. The van der Waals surface area contributed by atoms with Gasteiger partial charge in [0.05, 0.1) is 0 Å². The molecule has 3 nitrogen and oxygen atoms in total. The highest BCUT2D eigenvalue weighted by molar-refractivity contribution is 6.14. The molecule has 1 rings (SSSR count). The van der Waals surface area contributed by atoms with Crippen molar-refractivity contribution in [2.24, 2.45) is 0 Å². The van der Waals surface area contributed by atoms with Crippen LogP contribution in [-0.2, 0) is 6.42 Å². The summed E-state index contributed by atoms with van der Waals surface area (Å²) in [5.41, 5.74) is 4.13. The summed E-state index contributed by atoms with van der Waals surface area (Å²) in [4.78, 5) is 11.9. The van der Waals surface area contributed by atoms with E-state index in [1.54, 1.807) is 0 Å². The first-order valence-corrected chi connectivity index (χ1v) is 6.04. The van der Waals surface area contributed by atoms with E-state index in [-0.39, 0.29) is 23.9 Å². The highest BCUT2D eigenvalue weighted by Gasteiger charge is 2.21. The van der Waals surface area contributed by atoms with E-state index in [1.165, 1.54) is 10.1 Å². The molecule has 0 radical (unpaired) electrons. The van der Waals surface area contributed by atoms with E-state index in [0.29, 0.717) is 5.56 Å². The van der Waals surface area contributed by atoms with Crippen LogP contribution in [0.2, 0.25) is 0 Å². The van der Waals surface area contributed by atoms with Gasteiger partial charge in [-0.3, -0.25) is 10.2 Å². The van der Waals surface area contributed by atoms with Crippen LogP contribution < -0.4 is 5.43 Å². The van der Waals surface area contributed by atoms with Crippen molar-refractivity contribution >= 4 is 30.1 Å². The molecule has 0 bridgehead atoms. The molecule has 1 aromatic rings. The third kappa shape index (κ3) is 4.84. The molecule has 0 unspecified atom stereocenters. The summed E-state index contributed by atoms with van der Waals surface area (Å²) in [6.45, 7) is 7.83. The van der Waals surface area contributed by atoms with Gasteiger partial charge in [0, 0.05) is 22.9 Å².